The van der Waals surface area contributed by atoms with Crippen molar-refractivity contribution in [2.75, 3.05) is 31.4 Å². The molecule has 0 bridgehead atoms. The SMILES string of the molecule is COc1ccc2c(c1)C(C)(CCCc1ccc(N(C)C)cc1)C(=O)N2. The average molecular weight is 338 g/mol. The summed E-state index contributed by atoms with van der Waals surface area (Å²) >= 11 is 0. The Kier molecular flexibility index (Phi) is 4.71. The Bertz CT molecular complexity index is 768. The topological polar surface area (TPSA) is 41.6 Å². The van der Waals surface area contributed by atoms with Gasteiger partial charge in [-0.25, -0.2) is 0 Å². The van der Waals surface area contributed by atoms with Crippen molar-refractivity contribution < 1.29 is 9.53 Å². The molecule has 1 heterocycles. The third-order valence-corrected chi connectivity index (χ3v) is 5.17. The van der Waals surface area contributed by atoms with Gasteiger partial charge < -0.3 is 15.0 Å². The number of anilines is 2. The summed E-state index contributed by atoms with van der Waals surface area (Å²) in [5.74, 6) is 0.874. The second-order valence-corrected chi connectivity index (χ2v) is 7.11. The standard InChI is InChI=1S/C21H26N2O2/c1-21(13-5-6-15-7-9-16(10-8-15)23(2)3)18-14-17(25-4)11-12-19(18)22-20(21)24/h7-12,14H,5-6,13H2,1-4H3,(H,22,24). The van der Waals surface area contributed by atoms with Crippen molar-refractivity contribution in [3.05, 3.63) is 53.6 Å². The van der Waals surface area contributed by atoms with E-state index in [0.29, 0.717) is 0 Å². The quantitative estimate of drug-likeness (QED) is 0.866. The van der Waals surface area contributed by atoms with Gasteiger partial charge >= 0.3 is 0 Å². The molecule has 0 saturated carbocycles. The lowest BCUT2D eigenvalue weighted by Crippen LogP contribution is -2.31. The predicted molar refractivity (Wildman–Crippen MR) is 103 cm³/mol. The molecule has 4 heteroatoms. The van der Waals surface area contributed by atoms with Crippen molar-refractivity contribution in [1.29, 1.82) is 0 Å². The first kappa shape index (κ1) is 17.3. The van der Waals surface area contributed by atoms with Crippen LogP contribution in [-0.4, -0.2) is 27.1 Å². The number of hydrogen-bond donors (Lipinski definition) is 1. The van der Waals surface area contributed by atoms with E-state index in [2.05, 4.69) is 34.5 Å². The van der Waals surface area contributed by atoms with Crippen molar-refractivity contribution in [3.63, 3.8) is 0 Å². The van der Waals surface area contributed by atoms with E-state index in [0.717, 1.165) is 36.3 Å². The second-order valence-electron chi connectivity index (χ2n) is 7.11. The Balaban J connectivity index is 1.69. The summed E-state index contributed by atoms with van der Waals surface area (Å²) in [6.07, 6.45) is 2.74. The Morgan fingerprint density at radius 1 is 1.12 bits per heavy atom. The fraction of sp³-hybridized carbons (Fsp3) is 0.381. The molecule has 0 saturated heterocycles. The Labute approximate surface area is 149 Å². The molecule has 4 nitrogen and oxygen atoms in total. The van der Waals surface area contributed by atoms with E-state index in [1.54, 1.807) is 7.11 Å². The Morgan fingerprint density at radius 3 is 2.48 bits per heavy atom. The molecule has 0 spiro atoms. The summed E-state index contributed by atoms with van der Waals surface area (Å²) in [7, 11) is 5.74. The third kappa shape index (κ3) is 3.34. The number of nitrogens with zero attached hydrogens (tertiary/aromatic N) is 1. The fourth-order valence-electron chi connectivity index (χ4n) is 3.45. The van der Waals surface area contributed by atoms with Gasteiger partial charge in [-0.15, -0.1) is 0 Å². The minimum atomic E-state index is -0.493. The monoisotopic (exact) mass is 338 g/mol. The highest BCUT2D eigenvalue weighted by atomic mass is 16.5. The molecule has 2 aromatic carbocycles. The van der Waals surface area contributed by atoms with Crippen LogP contribution in [0.4, 0.5) is 11.4 Å². The van der Waals surface area contributed by atoms with E-state index < -0.39 is 5.41 Å². The first-order valence-corrected chi connectivity index (χ1v) is 8.70. The summed E-state index contributed by atoms with van der Waals surface area (Å²) in [5.41, 5.74) is 3.96. The van der Waals surface area contributed by atoms with Crippen LogP contribution in [-0.2, 0) is 16.6 Å². The van der Waals surface area contributed by atoms with Crippen LogP contribution in [0.1, 0.15) is 30.9 Å². The molecule has 1 N–H and O–H groups in total. The molecule has 25 heavy (non-hydrogen) atoms. The molecule has 1 atom stereocenters. The molecule has 1 aliphatic heterocycles. The van der Waals surface area contributed by atoms with Crippen molar-refractivity contribution in [1.82, 2.24) is 0 Å². The highest BCUT2D eigenvalue weighted by molar-refractivity contribution is 6.06. The summed E-state index contributed by atoms with van der Waals surface area (Å²) in [5, 5.41) is 3.01. The third-order valence-electron chi connectivity index (χ3n) is 5.17. The van der Waals surface area contributed by atoms with Crippen LogP contribution in [0.5, 0.6) is 5.75 Å². The Hall–Kier alpha value is -2.49. The van der Waals surface area contributed by atoms with Gasteiger partial charge in [-0.1, -0.05) is 12.1 Å². The van der Waals surface area contributed by atoms with Gasteiger partial charge in [0.25, 0.3) is 0 Å². The number of carbonyl (C=O) groups excluding carboxylic acids is 1. The lowest BCUT2D eigenvalue weighted by atomic mass is 9.79. The summed E-state index contributed by atoms with van der Waals surface area (Å²) in [4.78, 5) is 14.7. The number of nitrogens with one attached hydrogen (secondary N) is 1. The van der Waals surface area contributed by atoms with Crippen LogP contribution in [0.2, 0.25) is 0 Å². The molecule has 0 aliphatic carbocycles. The highest BCUT2D eigenvalue weighted by Gasteiger charge is 2.42. The zero-order valence-electron chi connectivity index (χ0n) is 15.4. The molecule has 3 rings (SSSR count). The number of amides is 1. The van der Waals surface area contributed by atoms with Gasteiger partial charge in [0.1, 0.15) is 5.75 Å². The summed E-state index contributed by atoms with van der Waals surface area (Å²) < 4.78 is 5.33. The number of rotatable bonds is 6. The average Bonchev–Trinajstić information content (AvgIpc) is 2.86. The van der Waals surface area contributed by atoms with Crippen molar-refractivity contribution in [3.8, 4) is 5.75 Å². The van der Waals surface area contributed by atoms with E-state index >= 15 is 0 Å². The lowest BCUT2D eigenvalue weighted by molar-refractivity contribution is -0.120. The maximum Gasteiger partial charge on any atom is 0.234 e. The zero-order valence-corrected chi connectivity index (χ0v) is 15.4. The summed E-state index contributed by atoms with van der Waals surface area (Å²) in [6.45, 7) is 2.03. The number of benzene rings is 2. The molecule has 1 aliphatic rings. The first-order chi connectivity index (χ1) is 11.9. The number of aryl methyl sites for hydroxylation is 1. The molecular formula is C21H26N2O2. The van der Waals surface area contributed by atoms with Gasteiger partial charge in [0.05, 0.1) is 12.5 Å². The number of carbonyl (C=O) groups is 1. The van der Waals surface area contributed by atoms with Gasteiger partial charge in [-0.05, 0) is 67.6 Å². The number of fused-ring (bicyclic) bond motifs is 1. The van der Waals surface area contributed by atoms with E-state index in [1.165, 1.54) is 11.3 Å². The van der Waals surface area contributed by atoms with E-state index in [9.17, 15) is 4.79 Å². The van der Waals surface area contributed by atoms with Crippen molar-refractivity contribution in [2.24, 2.45) is 0 Å². The number of hydrogen-bond acceptors (Lipinski definition) is 3. The second kappa shape index (κ2) is 6.79. The highest BCUT2D eigenvalue weighted by Crippen LogP contribution is 2.42. The van der Waals surface area contributed by atoms with Crippen LogP contribution >= 0.6 is 0 Å². The van der Waals surface area contributed by atoms with Crippen LogP contribution in [0.3, 0.4) is 0 Å². The number of methoxy groups -OCH3 is 1. The van der Waals surface area contributed by atoms with Gasteiger partial charge in [0.15, 0.2) is 0 Å². The summed E-state index contributed by atoms with van der Waals surface area (Å²) in [6, 6.07) is 14.4. The molecule has 0 fully saturated rings. The molecule has 1 unspecified atom stereocenters. The van der Waals surface area contributed by atoms with Gasteiger partial charge in [0.2, 0.25) is 5.91 Å². The van der Waals surface area contributed by atoms with Gasteiger partial charge in [-0.2, -0.15) is 0 Å². The molecular weight excluding hydrogens is 312 g/mol. The van der Waals surface area contributed by atoms with Crippen LogP contribution in [0.15, 0.2) is 42.5 Å². The van der Waals surface area contributed by atoms with Crippen LogP contribution < -0.4 is 15.0 Å². The predicted octanol–water partition coefficient (Wildman–Crippen LogP) is 3.99. The molecule has 132 valence electrons. The first-order valence-electron chi connectivity index (χ1n) is 8.70. The van der Waals surface area contributed by atoms with Crippen molar-refractivity contribution in [2.45, 2.75) is 31.6 Å². The van der Waals surface area contributed by atoms with Crippen LogP contribution in [0, 0.1) is 0 Å². The maximum absolute atomic E-state index is 12.6. The normalized spacial score (nSPS) is 18.6. The molecule has 0 aromatic heterocycles. The molecule has 1 amide bonds. The zero-order chi connectivity index (χ0) is 18.0. The maximum atomic E-state index is 12.6. The van der Waals surface area contributed by atoms with Gasteiger partial charge in [0, 0.05) is 25.5 Å². The largest absolute Gasteiger partial charge is 0.497 e. The minimum absolute atomic E-state index is 0.0821. The van der Waals surface area contributed by atoms with Crippen molar-refractivity contribution >= 4 is 17.3 Å². The van der Waals surface area contributed by atoms with E-state index in [4.69, 9.17) is 4.74 Å². The fourth-order valence-corrected chi connectivity index (χ4v) is 3.45. The number of ether oxygens (including phenoxy) is 1. The smallest absolute Gasteiger partial charge is 0.234 e. The van der Waals surface area contributed by atoms with E-state index in [1.807, 2.05) is 39.2 Å². The Morgan fingerprint density at radius 2 is 1.84 bits per heavy atom. The van der Waals surface area contributed by atoms with Gasteiger partial charge in [-0.3, -0.25) is 4.79 Å². The lowest BCUT2D eigenvalue weighted by Gasteiger charge is -2.22. The van der Waals surface area contributed by atoms with Crippen LogP contribution in [0.25, 0.3) is 0 Å². The molecule has 2 aromatic rings. The molecule has 0 radical (unpaired) electrons. The minimum Gasteiger partial charge on any atom is -0.497 e. The van der Waals surface area contributed by atoms with E-state index in [-0.39, 0.29) is 5.91 Å².